The number of rotatable bonds is 4. The molecule has 0 N–H and O–H groups in total. The highest BCUT2D eigenvalue weighted by Gasteiger charge is 2.64. The van der Waals surface area contributed by atoms with Crippen LogP contribution >= 0.6 is 11.6 Å². The molecule has 0 saturated heterocycles. The van der Waals surface area contributed by atoms with Crippen molar-refractivity contribution in [2.45, 2.75) is 45.3 Å². The predicted molar refractivity (Wildman–Crippen MR) is 118 cm³/mol. The highest BCUT2D eigenvalue weighted by Crippen LogP contribution is 2.52. The summed E-state index contributed by atoms with van der Waals surface area (Å²) in [5, 5.41) is -0.0143. The van der Waals surface area contributed by atoms with Crippen molar-refractivity contribution < 1.29 is 33.4 Å². The number of Topliss-reactive ketones (excluding diaryl/α,β-unsaturated/α-hetero) is 2. The molecule has 170 valence electrons. The number of allylic oxidation sites excluding steroid dienone is 1. The van der Waals surface area contributed by atoms with Gasteiger partial charge in [0, 0.05) is 21.7 Å². The van der Waals surface area contributed by atoms with Crippen molar-refractivity contribution >= 4 is 35.1 Å². The molecule has 2 aliphatic rings. The SMILES string of the molecule is CC(C)OC(=O)C1(C(=O)OC(C)C)C2=C(Oc3cccc(Cl)c31)C(=O)c1ccccc1C2=O. The Kier molecular flexibility index (Phi) is 5.62. The first-order valence-electron chi connectivity index (χ1n) is 10.4. The van der Waals surface area contributed by atoms with Gasteiger partial charge in [-0.25, -0.2) is 0 Å². The molecule has 0 unspecified atom stereocenters. The van der Waals surface area contributed by atoms with E-state index in [-0.39, 0.29) is 27.5 Å². The van der Waals surface area contributed by atoms with E-state index in [0.717, 1.165) is 0 Å². The van der Waals surface area contributed by atoms with Crippen molar-refractivity contribution in [2.24, 2.45) is 0 Å². The van der Waals surface area contributed by atoms with Crippen molar-refractivity contribution in [3.05, 3.63) is 75.5 Å². The van der Waals surface area contributed by atoms with Gasteiger partial charge in [-0.05, 0) is 39.8 Å². The number of fused-ring (bicyclic) bond motifs is 2. The third kappa shape index (κ3) is 3.35. The van der Waals surface area contributed by atoms with Crippen LogP contribution in [0.25, 0.3) is 0 Å². The number of ether oxygens (including phenoxy) is 3. The lowest BCUT2D eigenvalue weighted by Gasteiger charge is -2.39. The molecule has 2 aromatic rings. The van der Waals surface area contributed by atoms with Crippen LogP contribution in [0.15, 0.2) is 53.8 Å². The molecule has 1 aliphatic carbocycles. The lowest BCUT2D eigenvalue weighted by Crippen LogP contribution is -2.54. The van der Waals surface area contributed by atoms with E-state index in [0.29, 0.717) is 0 Å². The molecule has 33 heavy (non-hydrogen) atoms. The number of ketones is 2. The van der Waals surface area contributed by atoms with Crippen LogP contribution in [0, 0.1) is 0 Å². The van der Waals surface area contributed by atoms with Crippen molar-refractivity contribution in [1.82, 2.24) is 0 Å². The molecule has 1 heterocycles. The zero-order chi connectivity index (χ0) is 24.1. The summed E-state index contributed by atoms with van der Waals surface area (Å²) >= 11 is 6.49. The molecule has 0 aromatic heterocycles. The largest absolute Gasteiger partial charge is 0.462 e. The van der Waals surface area contributed by atoms with Crippen LogP contribution in [0.4, 0.5) is 0 Å². The monoisotopic (exact) mass is 468 g/mol. The fourth-order valence-corrected chi connectivity index (χ4v) is 4.38. The number of esters is 2. The average Bonchev–Trinajstić information content (AvgIpc) is 2.75. The Morgan fingerprint density at radius 2 is 1.39 bits per heavy atom. The maximum atomic E-state index is 13.8. The summed E-state index contributed by atoms with van der Waals surface area (Å²) in [6.45, 7) is 6.41. The van der Waals surface area contributed by atoms with Crippen LogP contribution in [0.2, 0.25) is 5.02 Å². The second-order valence-corrected chi connectivity index (χ2v) is 8.69. The minimum absolute atomic E-state index is 0.0109. The summed E-state index contributed by atoms with van der Waals surface area (Å²) < 4.78 is 16.8. The van der Waals surface area contributed by atoms with Crippen molar-refractivity contribution in [2.75, 3.05) is 0 Å². The van der Waals surface area contributed by atoms with Crippen molar-refractivity contribution in [3.63, 3.8) is 0 Å². The van der Waals surface area contributed by atoms with Gasteiger partial charge in [0.05, 0.1) is 17.8 Å². The van der Waals surface area contributed by atoms with E-state index >= 15 is 0 Å². The summed E-state index contributed by atoms with van der Waals surface area (Å²) in [4.78, 5) is 54.7. The number of benzene rings is 2. The van der Waals surface area contributed by atoms with Crippen molar-refractivity contribution in [3.8, 4) is 5.75 Å². The molecule has 0 atom stereocenters. The highest BCUT2D eigenvalue weighted by molar-refractivity contribution is 6.36. The van der Waals surface area contributed by atoms with Gasteiger partial charge in [-0.2, -0.15) is 0 Å². The first kappa shape index (κ1) is 22.7. The van der Waals surface area contributed by atoms with Gasteiger partial charge in [0.2, 0.25) is 11.2 Å². The molecular formula is C25H21ClO7. The molecular weight excluding hydrogens is 448 g/mol. The fraction of sp³-hybridized carbons (Fsp3) is 0.280. The van der Waals surface area contributed by atoms with E-state index in [4.69, 9.17) is 25.8 Å². The molecule has 1 aliphatic heterocycles. The van der Waals surface area contributed by atoms with E-state index in [1.807, 2.05) is 0 Å². The Balaban J connectivity index is 2.13. The van der Waals surface area contributed by atoms with Gasteiger partial charge in [-0.15, -0.1) is 0 Å². The number of halogens is 1. The van der Waals surface area contributed by atoms with Crippen LogP contribution in [-0.4, -0.2) is 35.7 Å². The summed E-state index contributed by atoms with van der Waals surface area (Å²) in [5.74, 6) is -3.93. The Hall–Kier alpha value is -3.45. The predicted octanol–water partition coefficient (Wildman–Crippen LogP) is 4.21. The van der Waals surface area contributed by atoms with Gasteiger partial charge in [0.15, 0.2) is 11.5 Å². The molecule has 2 aromatic carbocycles. The van der Waals surface area contributed by atoms with E-state index in [1.165, 1.54) is 24.3 Å². The number of hydrogen-bond donors (Lipinski definition) is 0. The lowest BCUT2D eigenvalue weighted by molar-refractivity contribution is -0.167. The van der Waals surface area contributed by atoms with Gasteiger partial charge in [-0.1, -0.05) is 41.9 Å². The number of carbonyl (C=O) groups is 4. The van der Waals surface area contributed by atoms with E-state index in [1.54, 1.807) is 45.9 Å². The minimum atomic E-state index is -2.45. The molecule has 0 fully saturated rings. The Morgan fingerprint density at radius 1 is 0.848 bits per heavy atom. The molecule has 0 radical (unpaired) electrons. The zero-order valence-electron chi connectivity index (χ0n) is 18.4. The Labute approximate surface area is 195 Å². The first-order chi connectivity index (χ1) is 15.6. The normalized spacial score (nSPS) is 16.1. The Bertz CT molecular complexity index is 1220. The van der Waals surface area contributed by atoms with Gasteiger partial charge >= 0.3 is 11.9 Å². The molecule has 0 bridgehead atoms. The third-order valence-electron chi connectivity index (χ3n) is 5.31. The summed E-state index contributed by atoms with van der Waals surface area (Å²) in [6.07, 6.45) is -1.28. The molecule has 4 rings (SSSR count). The summed E-state index contributed by atoms with van der Waals surface area (Å²) in [5.41, 5.74) is -2.85. The van der Waals surface area contributed by atoms with Crippen LogP contribution in [0.3, 0.4) is 0 Å². The third-order valence-corrected chi connectivity index (χ3v) is 5.63. The topological polar surface area (TPSA) is 96.0 Å². The van der Waals surface area contributed by atoms with Gasteiger partial charge < -0.3 is 14.2 Å². The van der Waals surface area contributed by atoms with Crippen LogP contribution in [-0.2, 0) is 24.5 Å². The number of hydrogen-bond acceptors (Lipinski definition) is 7. The van der Waals surface area contributed by atoms with Crippen LogP contribution < -0.4 is 4.74 Å². The van der Waals surface area contributed by atoms with Gasteiger partial charge in [0.25, 0.3) is 0 Å². The van der Waals surface area contributed by atoms with E-state index < -0.39 is 52.5 Å². The first-order valence-corrected chi connectivity index (χ1v) is 10.8. The standard InChI is InChI=1S/C25H21ClO7/c1-12(2)31-23(29)25(24(30)32-13(3)4)18-16(26)10-7-11-17(18)33-22-19(25)20(27)14-8-5-6-9-15(14)21(22)28/h5-13H,1-4H3. The smallest absolute Gasteiger partial charge is 0.333 e. The molecule has 8 heteroatoms. The molecule has 0 spiro atoms. The summed E-state index contributed by atoms with van der Waals surface area (Å²) in [6, 6.07) is 10.6. The van der Waals surface area contributed by atoms with Crippen LogP contribution in [0.5, 0.6) is 5.75 Å². The molecule has 0 saturated carbocycles. The number of carbonyl (C=O) groups excluding carboxylic acids is 4. The van der Waals surface area contributed by atoms with Crippen molar-refractivity contribution in [1.29, 1.82) is 0 Å². The fourth-order valence-electron chi connectivity index (χ4n) is 4.08. The maximum absolute atomic E-state index is 13.8. The second-order valence-electron chi connectivity index (χ2n) is 8.28. The summed E-state index contributed by atoms with van der Waals surface area (Å²) in [7, 11) is 0. The van der Waals surface area contributed by atoms with Gasteiger partial charge in [0.1, 0.15) is 5.75 Å². The maximum Gasteiger partial charge on any atom is 0.333 e. The van der Waals surface area contributed by atoms with E-state index in [2.05, 4.69) is 0 Å². The molecule has 0 amide bonds. The zero-order valence-corrected chi connectivity index (χ0v) is 19.2. The lowest BCUT2D eigenvalue weighted by atomic mass is 9.66. The van der Waals surface area contributed by atoms with Crippen LogP contribution in [0.1, 0.15) is 54.0 Å². The van der Waals surface area contributed by atoms with Gasteiger partial charge in [-0.3, -0.25) is 19.2 Å². The Morgan fingerprint density at radius 3 is 1.94 bits per heavy atom. The molecule has 7 nitrogen and oxygen atoms in total. The average molecular weight is 469 g/mol. The minimum Gasteiger partial charge on any atom is -0.462 e. The highest BCUT2D eigenvalue weighted by atomic mass is 35.5. The second kappa shape index (κ2) is 8.15. The quantitative estimate of drug-likeness (QED) is 0.490. The van der Waals surface area contributed by atoms with E-state index in [9.17, 15) is 19.2 Å².